The molecular formula is C38H37N3O6S3Si. The van der Waals surface area contributed by atoms with E-state index < -0.39 is 43.6 Å². The molecule has 1 N–H and O–H groups in total. The fourth-order valence-corrected chi connectivity index (χ4v) is 10.4. The molecular weight excluding hydrogens is 719 g/mol. The SMILES string of the molecule is C/C(O[Si](C)(C)C)=C(\C(=O)OC(c1ccccc1)c1ccccc1)N1C(=O)C(NC(=O)COc2ccccc2)C1SSc1nc2ccccc2s1. The Bertz CT molecular complexity index is 1950. The van der Waals surface area contributed by atoms with Gasteiger partial charge >= 0.3 is 5.97 Å². The number of benzene rings is 4. The number of thiazole rings is 1. The first-order valence-corrected chi connectivity index (χ1v) is 22.7. The average molecular weight is 756 g/mol. The van der Waals surface area contributed by atoms with E-state index in [1.807, 2.05) is 123 Å². The molecule has 2 amide bonds. The minimum atomic E-state index is -2.26. The quantitative estimate of drug-likeness (QED) is 0.0300. The van der Waals surface area contributed by atoms with Gasteiger partial charge in [-0.15, -0.1) is 11.3 Å². The number of allylic oxidation sites excluding steroid dienone is 1. The molecule has 1 aromatic heterocycles. The minimum absolute atomic E-state index is 0.00674. The normalized spacial score (nSPS) is 16.3. The summed E-state index contributed by atoms with van der Waals surface area (Å²) in [5.74, 6) is -0.842. The number of ether oxygens (including phenoxy) is 2. The molecule has 4 aromatic carbocycles. The first kappa shape index (κ1) is 36.2. The van der Waals surface area contributed by atoms with Crippen LogP contribution in [0.2, 0.25) is 19.6 Å². The third-order valence-corrected chi connectivity index (χ3v) is 12.6. The standard InChI is InChI=1S/C38H37N3O6S3Si/c1-25(47-51(2,3)4)33(37(44)46-34(26-16-8-5-9-17-26)27-18-10-6-11-19-27)41-35(43)32(40-31(42)24-45-28-20-12-7-13-21-28)36(41)49-50-38-39-29-22-14-15-23-30(29)48-38/h5-23,32,34,36H,24H2,1-4H3,(H,40,42)/b33-25-. The highest BCUT2D eigenvalue weighted by Crippen LogP contribution is 2.46. The summed E-state index contributed by atoms with van der Waals surface area (Å²) >= 11 is 1.53. The van der Waals surface area contributed by atoms with Crippen LogP contribution in [-0.2, 0) is 23.5 Å². The van der Waals surface area contributed by atoms with Crippen molar-refractivity contribution in [3.8, 4) is 5.75 Å². The summed E-state index contributed by atoms with van der Waals surface area (Å²) in [7, 11) is 0.446. The Balaban J connectivity index is 1.31. The van der Waals surface area contributed by atoms with Gasteiger partial charge in [0.2, 0.25) is 8.32 Å². The molecule has 6 rings (SSSR count). The predicted octanol–water partition coefficient (Wildman–Crippen LogP) is 8.18. The summed E-state index contributed by atoms with van der Waals surface area (Å²) in [5.41, 5.74) is 2.41. The maximum Gasteiger partial charge on any atom is 0.359 e. The number of nitrogens with zero attached hydrogens (tertiary/aromatic N) is 2. The molecule has 2 heterocycles. The van der Waals surface area contributed by atoms with Crippen molar-refractivity contribution in [3.63, 3.8) is 0 Å². The topological polar surface area (TPSA) is 107 Å². The summed E-state index contributed by atoms with van der Waals surface area (Å²) in [4.78, 5) is 47.8. The molecule has 0 radical (unpaired) electrons. The molecule has 51 heavy (non-hydrogen) atoms. The molecule has 5 aromatic rings. The monoisotopic (exact) mass is 755 g/mol. The highest BCUT2D eigenvalue weighted by atomic mass is 33.1. The predicted molar refractivity (Wildman–Crippen MR) is 206 cm³/mol. The second-order valence-corrected chi connectivity index (χ2v) is 20.6. The highest BCUT2D eigenvalue weighted by Gasteiger charge is 2.53. The molecule has 1 fully saturated rings. The van der Waals surface area contributed by atoms with Gasteiger partial charge in [0.15, 0.2) is 22.7 Å². The zero-order valence-electron chi connectivity index (χ0n) is 28.5. The fourth-order valence-electron chi connectivity index (χ4n) is 5.46. The van der Waals surface area contributed by atoms with Crippen LogP contribution in [0.4, 0.5) is 0 Å². The number of rotatable bonds is 14. The van der Waals surface area contributed by atoms with Crippen LogP contribution in [0, 0.1) is 0 Å². The lowest BCUT2D eigenvalue weighted by Crippen LogP contribution is -2.69. The molecule has 1 aliphatic heterocycles. The molecule has 0 aliphatic carbocycles. The minimum Gasteiger partial charge on any atom is -0.546 e. The average Bonchev–Trinajstić information content (AvgIpc) is 3.55. The second-order valence-electron chi connectivity index (χ2n) is 12.6. The number of fused-ring (bicyclic) bond motifs is 1. The zero-order chi connectivity index (χ0) is 36.0. The lowest BCUT2D eigenvalue weighted by atomic mass is 10.0. The van der Waals surface area contributed by atoms with Crippen LogP contribution < -0.4 is 10.1 Å². The Morgan fingerprint density at radius 2 is 1.47 bits per heavy atom. The van der Waals surface area contributed by atoms with Crippen molar-refractivity contribution in [2.75, 3.05) is 6.61 Å². The van der Waals surface area contributed by atoms with E-state index in [-0.39, 0.29) is 18.1 Å². The van der Waals surface area contributed by atoms with E-state index in [2.05, 4.69) is 5.32 Å². The molecule has 262 valence electrons. The lowest BCUT2D eigenvalue weighted by Gasteiger charge is -2.46. The van der Waals surface area contributed by atoms with Crippen LogP contribution in [-0.4, -0.2) is 54.0 Å². The van der Waals surface area contributed by atoms with Crippen molar-refractivity contribution in [1.29, 1.82) is 0 Å². The second kappa shape index (κ2) is 16.2. The third-order valence-electron chi connectivity index (χ3n) is 7.62. The smallest absolute Gasteiger partial charge is 0.359 e. The highest BCUT2D eigenvalue weighted by molar-refractivity contribution is 8.77. The zero-order valence-corrected chi connectivity index (χ0v) is 31.9. The number of carbonyl (C=O) groups is 3. The van der Waals surface area contributed by atoms with Gasteiger partial charge in [0.1, 0.15) is 22.9 Å². The van der Waals surface area contributed by atoms with Crippen LogP contribution in [0.3, 0.4) is 0 Å². The number of likely N-dealkylation sites (tertiary alicyclic amines) is 1. The van der Waals surface area contributed by atoms with Gasteiger partial charge < -0.3 is 19.2 Å². The van der Waals surface area contributed by atoms with Crippen LogP contribution in [0.15, 0.2) is 131 Å². The van der Waals surface area contributed by atoms with Crippen LogP contribution in [0.5, 0.6) is 5.75 Å². The van der Waals surface area contributed by atoms with Crippen LogP contribution >= 0.6 is 32.9 Å². The maximum atomic E-state index is 14.5. The van der Waals surface area contributed by atoms with E-state index in [1.54, 1.807) is 19.1 Å². The molecule has 9 nitrogen and oxygen atoms in total. The number of para-hydroxylation sites is 2. The molecule has 2 unspecified atom stereocenters. The Labute approximate surface area is 309 Å². The van der Waals surface area contributed by atoms with E-state index in [9.17, 15) is 14.4 Å². The first-order valence-electron chi connectivity index (χ1n) is 16.3. The molecule has 2 atom stereocenters. The summed E-state index contributed by atoms with van der Waals surface area (Å²) in [6.07, 6.45) is -0.750. The van der Waals surface area contributed by atoms with Crippen molar-refractivity contribution in [1.82, 2.24) is 15.2 Å². The van der Waals surface area contributed by atoms with Gasteiger partial charge in [-0.05, 0) is 72.8 Å². The Kier molecular flexibility index (Phi) is 11.5. The van der Waals surface area contributed by atoms with E-state index in [0.717, 1.165) is 25.7 Å². The van der Waals surface area contributed by atoms with E-state index >= 15 is 0 Å². The van der Waals surface area contributed by atoms with E-state index in [0.29, 0.717) is 5.75 Å². The van der Waals surface area contributed by atoms with E-state index in [4.69, 9.17) is 18.9 Å². The number of β-lactam (4-membered cyclic amide) rings is 1. The summed E-state index contributed by atoms with van der Waals surface area (Å²) in [6, 6.07) is 34.8. The van der Waals surface area contributed by atoms with Gasteiger partial charge in [0.05, 0.1) is 10.2 Å². The molecule has 1 saturated heterocycles. The molecule has 0 bridgehead atoms. The molecule has 1 aliphatic rings. The number of amides is 2. The van der Waals surface area contributed by atoms with Crippen LogP contribution in [0.1, 0.15) is 24.2 Å². The summed E-state index contributed by atoms with van der Waals surface area (Å²) in [5, 5.41) is 2.14. The fraction of sp³-hybridized carbons (Fsp3) is 0.211. The van der Waals surface area contributed by atoms with Crippen molar-refractivity contribution >= 4 is 69.2 Å². The van der Waals surface area contributed by atoms with Crippen molar-refractivity contribution in [2.45, 2.75) is 48.4 Å². The molecule has 13 heteroatoms. The third kappa shape index (κ3) is 9.03. The number of esters is 1. The van der Waals surface area contributed by atoms with Gasteiger partial charge in [0.25, 0.3) is 11.8 Å². The van der Waals surface area contributed by atoms with Gasteiger partial charge in [-0.2, -0.15) is 0 Å². The summed E-state index contributed by atoms with van der Waals surface area (Å²) < 4.78 is 20.1. The lowest BCUT2D eigenvalue weighted by molar-refractivity contribution is -0.155. The van der Waals surface area contributed by atoms with Crippen molar-refractivity contribution < 1.29 is 28.3 Å². The van der Waals surface area contributed by atoms with Gasteiger partial charge in [-0.25, -0.2) is 9.78 Å². The molecule has 0 saturated carbocycles. The largest absolute Gasteiger partial charge is 0.546 e. The number of hydrogen-bond acceptors (Lipinski definition) is 10. The first-order chi connectivity index (χ1) is 24.6. The maximum absolute atomic E-state index is 14.5. The Hall–Kier alpha value is -4.56. The van der Waals surface area contributed by atoms with Crippen LogP contribution in [0.25, 0.3) is 10.2 Å². The Morgan fingerprint density at radius 3 is 2.08 bits per heavy atom. The molecule has 0 spiro atoms. The Morgan fingerprint density at radius 1 is 0.882 bits per heavy atom. The van der Waals surface area contributed by atoms with Gasteiger partial charge in [-0.1, -0.05) is 102 Å². The number of hydrogen-bond donors (Lipinski definition) is 1. The van der Waals surface area contributed by atoms with Gasteiger partial charge in [-0.3, -0.25) is 14.5 Å². The van der Waals surface area contributed by atoms with E-state index in [1.165, 1.54) is 37.8 Å². The summed E-state index contributed by atoms with van der Waals surface area (Å²) in [6.45, 7) is 7.40. The van der Waals surface area contributed by atoms with Crippen molar-refractivity contribution in [2.24, 2.45) is 0 Å². The number of aromatic nitrogens is 1. The van der Waals surface area contributed by atoms with Crippen molar-refractivity contribution in [3.05, 3.63) is 138 Å². The van der Waals surface area contributed by atoms with Gasteiger partial charge in [0, 0.05) is 0 Å². The number of nitrogens with one attached hydrogen (secondary N) is 1. The number of carbonyl (C=O) groups excluding carboxylic acids is 3.